The van der Waals surface area contributed by atoms with Gasteiger partial charge in [0.25, 0.3) is 11.5 Å². The molecule has 3 aromatic rings. The van der Waals surface area contributed by atoms with Gasteiger partial charge < -0.3 is 25.6 Å². The first kappa shape index (κ1) is 26.2. The fourth-order valence-corrected chi connectivity index (χ4v) is 4.87. The number of carbonyl (C=O) groups is 1. The predicted molar refractivity (Wildman–Crippen MR) is 142 cm³/mol. The second kappa shape index (κ2) is 11.5. The lowest BCUT2D eigenvalue weighted by atomic mass is 9.80. The second-order valence-corrected chi connectivity index (χ2v) is 9.04. The lowest BCUT2D eigenvalue weighted by molar-refractivity contribution is -0.165. The Labute approximate surface area is 216 Å². The number of carbonyl (C=O) groups excluding carboxylic acids is 1. The molecule has 196 valence electrons. The number of aliphatic hydroxyl groups excluding tert-OH is 1. The number of aliphatic hydroxyl groups is 1. The zero-order chi connectivity index (χ0) is 26.5. The molecule has 1 aromatic heterocycles. The Morgan fingerprint density at radius 2 is 1.86 bits per heavy atom. The zero-order valence-corrected chi connectivity index (χ0v) is 21.4. The van der Waals surface area contributed by atoms with E-state index in [0.717, 1.165) is 11.4 Å². The number of anilines is 2. The summed E-state index contributed by atoms with van der Waals surface area (Å²) in [6.45, 7) is 4.09. The highest BCUT2D eigenvalue weighted by Crippen LogP contribution is 2.40. The van der Waals surface area contributed by atoms with Crippen molar-refractivity contribution >= 4 is 17.3 Å². The first-order chi connectivity index (χ1) is 17.9. The molecule has 9 nitrogen and oxygen atoms in total. The Kier molecular flexibility index (Phi) is 8.15. The number of para-hydroxylation sites is 3. The number of ether oxygens (including phenoxy) is 2. The van der Waals surface area contributed by atoms with Crippen molar-refractivity contribution in [1.29, 1.82) is 0 Å². The van der Waals surface area contributed by atoms with E-state index >= 15 is 0 Å². The van der Waals surface area contributed by atoms with Crippen LogP contribution in [0.2, 0.25) is 0 Å². The van der Waals surface area contributed by atoms with Crippen LogP contribution in [-0.4, -0.2) is 39.9 Å². The van der Waals surface area contributed by atoms with Crippen molar-refractivity contribution in [2.75, 3.05) is 24.3 Å². The van der Waals surface area contributed by atoms with Crippen LogP contribution in [0.3, 0.4) is 0 Å². The van der Waals surface area contributed by atoms with Crippen molar-refractivity contribution in [2.24, 2.45) is 13.0 Å². The molecule has 0 radical (unpaired) electrons. The second-order valence-electron chi connectivity index (χ2n) is 9.04. The summed E-state index contributed by atoms with van der Waals surface area (Å²) in [6.07, 6.45) is 1.97. The molecule has 4 rings (SSSR count). The Hall–Kier alpha value is -3.82. The van der Waals surface area contributed by atoms with Crippen LogP contribution in [0.15, 0.2) is 71.2 Å². The van der Waals surface area contributed by atoms with Crippen LogP contribution in [-0.2, 0) is 21.3 Å². The summed E-state index contributed by atoms with van der Waals surface area (Å²) in [6, 6.07) is 16.4. The number of aromatic nitrogens is 2. The third-order valence-corrected chi connectivity index (χ3v) is 6.78. The molecule has 2 aromatic carbocycles. The maximum absolute atomic E-state index is 13.9. The average molecular weight is 507 g/mol. The van der Waals surface area contributed by atoms with Gasteiger partial charge in [-0.15, -0.1) is 0 Å². The minimum absolute atomic E-state index is 0.00553. The summed E-state index contributed by atoms with van der Waals surface area (Å²) in [5, 5.41) is 12.4. The standard InChI is InChI=1S/C28H34N4O5/c1-4-36-28-20(13-10-16-33)21(17-24(37-28)26(34)30-23-15-9-8-14-22(23)29)25-18(2)31(3)32(27(25)35)19-11-6-5-7-12-19/h5-9,11-12,14-15,17,20-21,28,33H,4,10,13,16,29H2,1-3H3,(H,30,34)/t20-,21-,28+/m0/s1. The minimum atomic E-state index is -0.774. The molecule has 0 spiro atoms. The number of hydrogen-bond acceptors (Lipinski definition) is 6. The molecular weight excluding hydrogens is 472 g/mol. The smallest absolute Gasteiger partial charge is 0.290 e. The first-order valence-corrected chi connectivity index (χ1v) is 12.5. The molecule has 1 aliphatic heterocycles. The maximum Gasteiger partial charge on any atom is 0.290 e. The van der Waals surface area contributed by atoms with Gasteiger partial charge in [-0.3, -0.25) is 14.3 Å². The average Bonchev–Trinajstić information content (AvgIpc) is 3.12. The van der Waals surface area contributed by atoms with Crippen LogP contribution in [0, 0.1) is 12.8 Å². The van der Waals surface area contributed by atoms with Gasteiger partial charge in [0.05, 0.1) is 17.1 Å². The first-order valence-electron chi connectivity index (χ1n) is 12.5. The summed E-state index contributed by atoms with van der Waals surface area (Å²) >= 11 is 0. The highest BCUT2D eigenvalue weighted by Gasteiger charge is 2.40. The number of benzene rings is 2. The van der Waals surface area contributed by atoms with Crippen LogP contribution >= 0.6 is 0 Å². The van der Waals surface area contributed by atoms with Gasteiger partial charge in [-0.1, -0.05) is 30.3 Å². The number of nitrogens with zero attached hydrogens (tertiary/aromatic N) is 2. The molecule has 0 fully saturated rings. The molecule has 4 N–H and O–H groups in total. The van der Waals surface area contributed by atoms with Gasteiger partial charge in [0.2, 0.25) is 6.29 Å². The summed E-state index contributed by atoms with van der Waals surface area (Å²) in [5.41, 5.74) is 8.80. The van der Waals surface area contributed by atoms with Crippen molar-refractivity contribution < 1.29 is 19.4 Å². The minimum Gasteiger partial charge on any atom is -0.459 e. The molecular formula is C28H34N4O5. The molecule has 9 heteroatoms. The normalized spacial score (nSPS) is 19.2. The SMILES string of the molecule is CCO[C@@H]1OC(C(=O)Nc2ccccc2N)=C[C@H](c2c(C)n(C)n(-c3ccccc3)c2=O)[C@@H]1CCCO. The van der Waals surface area contributed by atoms with E-state index in [1.54, 1.807) is 35.0 Å². The lowest BCUT2D eigenvalue weighted by Crippen LogP contribution is -2.39. The van der Waals surface area contributed by atoms with Crippen molar-refractivity contribution in [3.63, 3.8) is 0 Å². The van der Waals surface area contributed by atoms with Crippen molar-refractivity contribution in [1.82, 2.24) is 9.36 Å². The molecule has 1 aliphatic rings. The van der Waals surface area contributed by atoms with Crippen LogP contribution < -0.4 is 16.6 Å². The molecule has 2 heterocycles. The van der Waals surface area contributed by atoms with Gasteiger partial charge in [-0.2, -0.15) is 0 Å². The Morgan fingerprint density at radius 3 is 2.54 bits per heavy atom. The number of nitrogen functional groups attached to an aromatic ring is 1. The van der Waals surface area contributed by atoms with Gasteiger partial charge in [0.1, 0.15) is 0 Å². The molecule has 0 saturated carbocycles. The van der Waals surface area contributed by atoms with Crippen molar-refractivity contribution in [3.8, 4) is 5.69 Å². The number of rotatable bonds is 9. The number of amides is 1. The highest BCUT2D eigenvalue weighted by atomic mass is 16.7. The van der Waals surface area contributed by atoms with Crippen LogP contribution in [0.25, 0.3) is 5.69 Å². The molecule has 3 atom stereocenters. The number of nitrogens with one attached hydrogen (secondary N) is 1. The molecule has 1 amide bonds. The maximum atomic E-state index is 13.9. The van der Waals surface area contributed by atoms with E-state index in [1.165, 1.54) is 0 Å². The number of allylic oxidation sites excluding steroid dienone is 1. The molecule has 0 saturated heterocycles. The monoisotopic (exact) mass is 506 g/mol. The van der Waals surface area contributed by atoms with E-state index in [-0.39, 0.29) is 23.8 Å². The Bertz CT molecular complexity index is 1330. The van der Waals surface area contributed by atoms with E-state index in [2.05, 4.69) is 5.32 Å². The largest absolute Gasteiger partial charge is 0.459 e. The Balaban J connectivity index is 1.82. The summed E-state index contributed by atoms with van der Waals surface area (Å²) in [7, 11) is 1.84. The molecule has 0 bridgehead atoms. The van der Waals surface area contributed by atoms with E-state index < -0.39 is 18.1 Å². The fourth-order valence-electron chi connectivity index (χ4n) is 4.87. The van der Waals surface area contributed by atoms with E-state index in [9.17, 15) is 14.7 Å². The number of nitrogens with two attached hydrogens (primary N) is 1. The zero-order valence-electron chi connectivity index (χ0n) is 21.4. The van der Waals surface area contributed by atoms with Crippen molar-refractivity contribution in [2.45, 2.75) is 38.9 Å². The summed E-state index contributed by atoms with van der Waals surface area (Å²) < 4.78 is 15.4. The van der Waals surface area contributed by atoms with E-state index in [4.69, 9.17) is 15.2 Å². The predicted octanol–water partition coefficient (Wildman–Crippen LogP) is 3.45. The van der Waals surface area contributed by atoms with Gasteiger partial charge in [-0.25, -0.2) is 4.68 Å². The van der Waals surface area contributed by atoms with Crippen molar-refractivity contribution in [3.05, 3.63) is 88.0 Å². The Morgan fingerprint density at radius 1 is 1.16 bits per heavy atom. The molecule has 37 heavy (non-hydrogen) atoms. The third kappa shape index (κ3) is 5.33. The lowest BCUT2D eigenvalue weighted by Gasteiger charge is -2.36. The van der Waals surface area contributed by atoms with E-state index in [1.807, 2.05) is 55.9 Å². The third-order valence-electron chi connectivity index (χ3n) is 6.78. The molecule has 0 aliphatic carbocycles. The molecule has 0 unspecified atom stereocenters. The summed E-state index contributed by atoms with van der Waals surface area (Å²) in [4.78, 5) is 27.2. The van der Waals surface area contributed by atoms with Crippen LogP contribution in [0.1, 0.15) is 36.9 Å². The van der Waals surface area contributed by atoms with Gasteiger partial charge >= 0.3 is 0 Å². The van der Waals surface area contributed by atoms with Gasteiger partial charge in [0, 0.05) is 43.4 Å². The quantitative estimate of drug-likeness (QED) is 0.382. The van der Waals surface area contributed by atoms with Gasteiger partial charge in [0.15, 0.2) is 5.76 Å². The van der Waals surface area contributed by atoms with E-state index in [0.29, 0.717) is 36.4 Å². The number of hydrogen-bond donors (Lipinski definition) is 3. The summed E-state index contributed by atoms with van der Waals surface area (Å²) in [5.74, 6) is -1.19. The van der Waals surface area contributed by atoms with Gasteiger partial charge in [-0.05, 0) is 57.0 Å². The van der Waals surface area contributed by atoms with Crippen LogP contribution in [0.5, 0.6) is 0 Å². The topological polar surface area (TPSA) is 121 Å². The highest BCUT2D eigenvalue weighted by molar-refractivity contribution is 6.04. The fraction of sp³-hybridized carbons (Fsp3) is 0.357. The van der Waals surface area contributed by atoms with Crippen LogP contribution in [0.4, 0.5) is 11.4 Å².